The normalized spacial score (nSPS) is 10.8. The van der Waals surface area contributed by atoms with Crippen molar-refractivity contribution in [2.24, 2.45) is 0 Å². The summed E-state index contributed by atoms with van der Waals surface area (Å²) < 4.78 is 13.5. The fourth-order valence-electron chi connectivity index (χ4n) is 3.73. The number of fused-ring (bicyclic) bond motifs is 1. The predicted molar refractivity (Wildman–Crippen MR) is 125 cm³/mol. The highest BCUT2D eigenvalue weighted by atomic mass is 16.5. The van der Waals surface area contributed by atoms with Gasteiger partial charge in [0, 0.05) is 18.5 Å². The maximum atomic E-state index is 12.5. The number of carbonyl (C=O) groups excluding carboxylic acids is 1. The van der Waals surface area contributed by atoms with Gasteiger partial charge in [-0.2, -0.15) is 0 Å². The van der Waals surface area contributed by atoms with Crippen LogP contribution >= 0.6 is 0 Å². The van der Waals surface area contributed by atoms with Crippen molar-refractivity contribution < 1.29 is 14.3 Å². The van der Waals surface area contributed by atoms with Crippen LogP contribution in [0.3, 0.4) is 0 Å². The number of methoxy groups -OCH3 is 1. The summed E-state index contributed by atoms with van der Waals surface area (Å²) in [5, 5.41) is 3.00. The van der Waals surface area contributed by atoms with Crippen LogP contribution in [0.25, 0.3) is 11.0 Å². The maximum Gasteiger partial charge on any atom is 0.251 e. The van der Waals surface area contributed by atoms with Crippen molar-refractivity contribution in [3.8, 4) is 11.5 Å². The lowest BCUT2D eigenvalue weighted by Crippen LogP contribution is -2.26. The smallest absolute Gasteiger partial charge is 0.251 e. The highest BCUT2D eigenvalue weighted by molar-refractivity contribution is 5.94. The van der Waals surface area contributed by atoms with E-state index in [0.29, 0.717) is 43.2 Å². The Bertz CT molecular complexity index is 1220. The number of aromatic nitrogens is 2. The molecule has 0 aliphatic rings. The molecule has 0 bridgehead atoms. The van der Waals surface area contributed by atoms with Crippen LogP contribution in [0.4, 0.5) is 0 Å². The molecule has 1 amide bonds. The summed E-state index contributed by atoms with van der Waals surface area (Å²) >= 11 is 0. The number of imidazole rings is 1. The Morgan fingerprint density at radius 2 is 1.78 bits per heavy atom. The van der Waals surface area contributed by atoms with Crippen LogP contribution in [0.1, 0.15) is 21.7 Å². The molecule has 0 unspecified atom stereocenters. The number of ether oxygens (including phenoxy) is 2. The van der Waals surface area contributed by atoms with E-state index >= 15 is 0 Å². The van der Waals surface area contributed by atoms with Crippen molar-refractivity contribution >= 4 is 16.9 Å². The molecule has 0 aliphatic heterocycles. The molecule has 0 spiro atoms. The quantitative estimate of drug-likeness (QED) is 0.428. The highest BCUT2D eigenvalue weighted by Gasteiger charge is 2.12. The van der Waals surface area contributed by atoms with E-state index < -0.39 is 0 Å². The first-order valence-electron chi connectivity index (χ1n) is 10.7. The molecule has 0 saturated carbocycles. The molecule has 1 aromatic heterocycles. The molecule has 4 aromatic rings. The number of hydrogen-bond donors (Lipinski definition) is 1. The summed E-state index contributed by atoms with van der Waals surface area (Å²) in [6, 6.07) is 23.2. The number of carbonyl (C=O) groups is 1. The lowest BCUT2D eigenvalue weighted by atomic mass is 10.1. The average Bonchev–Trinajstić information content (AvgIpc) is 3.16. The van der Waals surface area contributed by atoms with Crippen LogP contribution in [0.2, 0.25) is 0 Å². The number of aryl methyl sites for hydroxylation is 1. The summed E-state index contributed by atoms with van der Waals surface area (Å²) in [5.74, 6) is 2.27. The summed E-state index contributed by atoms with van der Waals surface area (Å²) in [7, 11) is 1.63. The van der Waals surface area contributed by atoms with Crippen LogP contribution in [0.5, 0.6) is 11.5 Å². The molecule has 4 rings (SSSR count). The Morgan fingerprint density at radius 1 is 1.00 bits per heavy atom. The third kappa shape index (κ3) is 4.91. The van der Waals surface area contributed by atoms with Crippen LogP contribution in [0.15, 0.2) is 72.8 Å². The molecule has 164 valence electrons. The Labute approximate surface area is 187 Å². The molecule has 3 aromatic carbocycles. The molecule has 1 N–H and O–H groups in total. The van der Waals surface area contributed by atoms with Gasteiger partial charge in [-0.15, -0.1) is 0 Å². The lowest BCUT2D eigenvalue weighted by molar-refractivity contribution is 0.0953. The van der Waals surface area contributed by atoms with E-state index in [1.807, 2.05) is 73.7 Å². The Balaban J connectivity index is 1.43. The zero-order chi connectivity index (χ0) is 22.3. The molecule has 0 aliphatic carbocycles. The van der Waals surface area contributed by atoms with Gasteiger partial charge in [-0.05, 0) is 43.3 Å². The van der Waals surface area contributed by atoms with Gasteiger partial charge in [0.05, 0.1) is 24.7 Å². The van der Waals surface area contributed by atoms with Gasteiger partial charge in [0.25, 0.3) is 5.91 Å². The number of hydrogen-bond acceptors (Lipinski definition) is 4. The molecule has 1 heterocycles. The first-order chi connectivity index (χ1) is 15.7. The van der Waals surface area contributed by atoms with E-state index in [0.717, 1.165) is 22.4 Å². The molecule has 0 saturated heterocycles. The highest BCUT2D eigenvalue weighted by Crippen LogP contribution is 2.26. The molecule has 32 heavy (non-hydrogen) atoms. The van der Waals surface area contributed by atoms with E-state index in [1.165, 1.54) is 0 Å². The molecule has 0 radical (unpaired) electrons. The van der Waals surface area contributed by atoms with Crippen molar-refractivity contribution in [2.45, 2.75) is 19.9 Å². The fraction of sp³-hybridized carbons (Fsp3) is 0.231. The number of nitrogens with zero attached hydrogens (tertiary/aromatic N) is 2. The van der Waals surface area contributed by atoms with Gasteiger partial charge in [0.2, 0.25) is 0 Å². The number of para-hydroxylation sites is 4. The van der Waals surface area contributed by atoms with Gasteiger partial charge < -0.3 is 19.4 Å². The minimum absolute atomic E-state index is 0.0733. The van der Waals surface area contributed by atoms with Crippen LogP contribution < -0.4 is 14.8 Å². The van der Waals surface area contributed by atoms with Crippen molar-refractivity contribution in [3.05, 3.63) is 89.7 Å². The monoisotopic (exact) mass is 429 g/mol. The zero-order valence-electron chi connectivity index (χ0n) is 18.4. The van der Waals surface area contributed by atoms with E-state index in [1.54, 1.807) is 7.11 Å². The Morgan fingerprint density at radius 3 is 2.59 bits per heavy atom. The molecule has 0 fully saturated rings. The molecule has 0 atom stereocenters. The van der Waals surface area contributed by atoms with Gasteiger partial charge in [-0.3, -0.25) is 4.79 Å². The third-order valence-corrected chi connectivity index (χ3v) is 5.29. The Kier molecular flexibility index (Phi) is 6.70. The van der Waals surface area contributed by atoms with E-state index in [2.05, 4.69) is 16.0 Å². The third-order valence-electron chi connectivity index (χ3n) is 5.29. The zero-order valence-corrected chi connectivity index (χ0v) is 18.4. The maximum absolute atomic E-state index is 12.5. The second-order valence-corrected chi connectivity index (χ2v) is 7.54. The molecular weight excluding hydrogens is 402 g/mol. The van der Waals surface area contributed by atoms with E-state index in [9.17, 15) is 4.79 Å². The average molecular weight is 430 g/mol. The molecular formula is C26H27N3O3. The van der Waals surface area contributed by atoms with Crippen LogP contribution in [-0.4, -0.2) is 35.7 Å². The van der Waals surface area contributed by atoms with Gasteiger partial charge >= 0.3 is 0 Å². The van der Waals surface area contributed by atoms with Gasteiger partial charge in [-0.1, -0.05) is 42.0 Å². The summed E-state index contributed by atoms with van der Waals surface area (Å²) in [6.45, 7) is 3.60. The van der Waals surface area contributed by atoms with E-state index in [-0.39, 0.29) is 5.91 Å². The van der Waals surface area contributed by atoms with Crippen molar-refractivity contribution in [2.75, 3.05) is 20.3 Å². The number of rotatable bonds is 9. The standard InChI is InChI=1S/C26H27N3O3/c1-19-8-7-9-20(18-19)26(30)27-15-14-25-28-21-10-3-4-11-22(21)29(25)16-17-32-24-13-6-5-12-23(24)31-2/h3-13,18H,14-17H2,1-2H3,(H,27,30). The van der Waals surface area contributed by atoms with Crippen molar-refractivity contribution in [1.29, 1.82) is 0 Å². The van der Waals surface area contributed by atoms with Gasteiger partial charge in [-0.25, -0.2) is 4.98 Å². The van der Waals surface area contributed by atoms with Crippen LogP contribution in [-0.2, 0) is 13.0 Å². The van der Waals surface area contributed by atoms with Crippen LogP contribution in [0, 0.1) is 6.92 Å². The van der Waals surface area contributed by atoms with Crippen molar-refractivity contribution in [1.82, 2.24) is 14.9 Å². The second-order valence-electron chi connectivity index (χ2n) is 7.54. The summed E-state index contributed by atoms with van der Waals surface area (Å²) in [4.78, 5) is 17.3. The Hall–Kier alpha value is -3.80. The number of nitrogens with one attached hydrogen (secondary N) is 1. The molecule has 6 nitrogen and oxygen atoms in total. The SMILES string of the molecule is COc1ccccc1OCCn1c(CCNC(=O)c2cccc(C)c2)nc2ccccc21. The number of amides is 1. The van der Waals surface area contributed by atoms with Gasteiger partial charge in [0.1, 0.15) is 12.4 Å². The van der Waals surface area contributed by atoms with E-state index in [4.69, 9.17) is 14.5 Å². The largest absolute Gasteiger partial charge is 0.493 e. The first-order valence-corrected chi connectivity index (χ1v) is 10.7. The lowest BCUT2D eigenvalue weighted by Gasteiger charge is -2.13. The predicted octanol–water partition coefficient (Wildman–Crippen LogP) is 4.40. The summed E-state index contributed by atoms with van der Waals surface area (Å²) in [5.41, 5.74) is 3.72. The second kappa shape index (κ2) is 10.0. The van der Waals surface area contributed by atoms with Gasteiger partial charge in [0.15, 0.2) is 11.5 Å². The topological polar surface area (TPSA) is 65.4 Å². The van der Waals surface area contributed by atoms with Crippen molar-refractivity contribution in [3.63, 3.8) is 0 Å². The number of benzene rings is 3. The minimum atomic E-state index is -0.0733. The first kappa shape index (κ1) is 21.4. The minimum Gasteiger partial charge on any atom is -0.493 e. The summed E-state index contributed by atoms with van der Waals surface area (Å²) in [6.07, 6.45) is 0.626. The fourth-order valence-corrected chi connectivity index (χ4v) is 3.73. The molecule has 6 heteroatoms.